The normalized spacial score (nSPS) is 21.8. The first-order valence-electron chi connectivity index (χ1n) is 7.51. The molecule has 0 radical (unpaired) electrons. The molecule has 1 aromatic carbocycles. The lowest BCUT2D eigenvalue weighted by Gasteiger charge is -2.28. The number of nitrogens with one attached hydrogen (secondary N) is 1. The molecule has 0 aromatic heterocycles. The summed E-state index contributed by atoms with van der Waals surface area (Å²) in [7, 11) is 0. The van der Waals surface area contributed by atoms with Gasteiger partial charge in [0.2, 0.25) is 5.91 Å². The summed E-state index contributed by atoms with van der Waals surface area (Å²) in [6.07, 6.45) is 4.37. The number of ether oxygens (including phenoxy) is 1. The summed E-state index contributed by atoms with van der Waals surface area (Å²) in [6.45, 7) is 0.449. The van der Waals surface area contributed by atoms with Gasteiger partial charge in [-0.25, -0.2) is 0 Å². The molecule has 1 aromatic rings. The first-order chi connectivity index (χ1) is 10.2. The van der Waals surface area contributed by atoms with E-state index in [0.717, 1.165) is 25.7 Å². The molecule has 1 aliphatic rings. The van der Waals surface area contributed by atoms with Gasteiger partial charge in [-0.05, 0) is 31.4 Å². The van der Waals surface area contributed by atoms with Crippen molar-refractivity contribution in [1.82, 2.24) is 5.32 Å². The van der Waals surface area contributed by atoms with E-state index in [9.17, 15) is 9.90 Å². The average molecular weight is 312 g/mol. The van der Waals surface area contributed by atoms with Crippen molar-refractivity contribution >= 4 is 17.5 Å². The zero-order valence-electron chi connectivity index (χ0n) is 12.1. The van der Waals surface area contributed by atoms with E-state index >= 15 is 0 Å². The van der Waals surface area contributed by atoms with Crippen molar-refractivity contribution in [2.24, 2.45) is 0 Å². The Kier molecular flexibility index (Phi) is 6.33. The number of hydrogen-bond acceptors (Lipinski definition) is 3. The molecule has 0 aliphatic heterocycles. The molecule has 2 rings (SSSR count). The third-order valence-corrected chi connectivity index (χ3v) is 4.03. The molecule has 2 unspecified atom stereocenters. The number of carbonyl (C=O) groups excluding carboxylic acids is 1. The number of rotatable bonds is 6. The van der Waals surface area contributed by atoms with Gasteiger partial charge >= 0.3 is 0 Å². The summed E-state index contributed by atoms with van der Waals surface area (Å²) in [5.74, 6) is 0.617. The number of amides is 1. The van der Waals surface area contributed by atoms with Crippen molar-refractivity contribution in [2.75, 3.05) is 6.61 Å². The molecule has 1 fully saturated rings. The Morgan fingerprint density at radius 2 is 2.10 bits per heavy atom. The lowest BCUT2D eigenvalue weighted by atomic mass is 9.92. The van der Waals surface area contributed by atoms with Crippen LogP contribution in [-0.4, -0.2) is 29.8 Å². The second kappa shape index (κ2) is 8.25. The number of halogens is 1. The minimum Gasteiger partial charge on any atom is -0.492 e. The molecule has 5 heteroatoms. The fourth-order valence-electron chi connectivity index (χ4n) is 2.54. The third-order valence-electron chi connectivity index (χ3n) is 3.72. The molecular weight excluding hydrogens is 290 g/mol. The molecule has 4 nitrogen and oxygen atoms in total. The minimum absolute atomic E-state index is 0.0243. The van der Waals surface area contributed by atoms with Gasteiger partial charge < -0.3 is 15.2 Å². The predicted molar refractivity (Wildman–Crippen MR) is 82.6 cm³/mol. The Labute approximate surface area is 130 Å². The van der Waals surface area contributed by atoms with E-state index in [4.69, 9.17) is 16.3 Å². The summed E-state index contributed by atoms with van der Waals surface area (Å²) in [5.41, 5.74) is 0. The van der Waals surface area contributed by atoms with Gasteiger partial charge in [0, 0.05) is 6.42 Å². The number of benzene rings is 1. The molecule has 2 atom stereocenters. The molecule has 1 saturated carbocycles. The minimum atomic E-state index is -0.401. The molecule has 1 aliphatic carbocycles. The molecular formula is C16H22ClNO3. The summed E-state index contributed by atoms with van der Waals surface area (Å²) in [5, 5.41) is 13.3. The molecule has 0 spiro atoms. The van der Waals surface area contributed by atoms with E-state index in [0.29, 0.717) is 30.2 Å². The molecule has 0 saturated heterocycles. The Balaban J connectivity index is 1.64. The second-order valence-electron chi connectivity index (χ2n) is 5.41. The largest absolute Gasteiger partial charge is 0.492 e. The standard InChI is InChI=1S/C16H22ClNO3/c17-12-6-1-4-9-15(12)21-11-5-10-16(20)18-13-7-2-3-8-14(13)19/h1,4,6,9,13-14,19H,2-3,5,7-8,10-11H2,(H,18,20). The fourth-order valence-corrected chi connectivity index (χ4v) is 2.73. The molecule has 0 heterocycles. The highest BCUT2D eigenvalue weighted by Crippen LogP contribution is 2.23. The van der Waals surface area contributed by atoms with Gasteiger partial charge in [-0.2, -0.15) is 0 Å². The zero-order chi connectivity index (χ0) is 15.1. The van der Waals surface area contributed by atoms with Crippen LogP contribution in [0, 0.1) is 0 Å². The van der Waals surface area contributed by atoms with Crippen LogP contribution >= 0.6 is 11.6 Å². The van der Waals surface area contributed by atoms with Crippen LogP contribution in [0.5, 0.6) is 5.75 Å². The molecule has 1 amide bonds. The number of aliphatic hydroxyl groups excluding tert-OH is 1. The van der Waals surface area contributed by atoms with Crippen molar-refractivity contribution in [3.05, 3.63) is 29.3 Å². The van der Waals surface area contributed by atoms with Crippen LogP contribution in [0.1, 0.15) is 38.5 Å². The second-order valence-corrected chi connectivity index (χ2v) is 5.82. The molecule has 116 valence electrons. The summed E-state index contributed by atoms with van der Waals surface area (Å²) >= 11 is 5.98. The van der Waals surface area contributed by atoms with Crippen LogP contribution in [0.4, 0.5) is 0 Å². The van der Waals surface area contributed by atoms with Gasteiger partial charge in [0.1, 0.15) is 5.75 Å². The SMILES string of the molecule is O=C(CCCOc1ccccc1Cl)NC1CCCCC1O. The van der Waals surface area contributed by atoms with Crippen LogP contribution in [-0.2, 0) is 4.79 Å². The predicted octanol–water partition coefficient (Wildman–Crippen LogP) is 2.92. The van der Waals surface area contributed by atoms with E-state index < -0.39 is 6.10 Å². The Morgan fingerprint density at radius 1 is 1.33 bits per heavy atom. The highest BCUT2D eigenvalue weighted by Gasteiger charge is 2.24. The van der Waals surface area contributed by atoms with Crippen LogP contribution in [0.3, 0.4) is 0 Å². The molecule has 2 N–H and O–H groups in total. The maximum absolute atomic E-state index is 11.8. The highest BCUT2D eigenvalue weighted by molar-refractivity contribution is 6.32. The van der Waals surface area contributed by atoms with Gasteiger partial charge in [0.25, 0.3) is 0 Å². The maximum Gasteiger partial charge on any atom is 0.220 e. The summed E-state index contributed by atoms with van der Waals surface area (Å²) in [4.78, 5) is 11.8. The van der Waals surface area contributed by atoms with Gasteiger partial charge in [-0.1, -0.05) is 36.6 Å². The van der Waals surface area contributed by atoms with Crippen molar-refractivity contribution < 1.29 is 14.6 Å². The third kappa shape index (κ3) is 5.21. The summed E-state index contributed by atoms with van der Waals surface area (Å²) in [6, 6.07) is 7.20. The Morgan fingerprint density at radius 3 is 2.86 bits per heavy atom. The lowest BCUT2D eigenvalue weighted by Crippen LogP contribution is -2.45. The smallest absolute Gasteiger partial charge is 0.220 e. The van der Waals surface area contributed by atoms with Crippen molar-refractivity contribution in [2.45, 2.75) is 50.7 Å². The van der Waals surface area contributed by atoms with E-state index in [1.807, 2.05) is 12.1 Å². The van der Waals surface area contributed by atoms with Crippen LogP contribution < -0.4 is 10.1 Å². The van der Waals surface area contributed by atoms with Crippen molar-refractivity contribution in [3.63, 3.8) is 0 Å². The average Bonchev–Trinajstić information content (AvgIpc) is 2.48. The number of hydrogen-bond donors (Lipinski definition) is 2. The Hall–Kier alpha value is -1.26. The maximum atomic E-state index is 11.8. The van der Waals surface area contributed by atoms with Gasteiger partial charge in [-0.3, -0.25) is 4.79 Å². The first kappa shape index (κ1) is 16.1. The van der Waals surface area contributed by atoms with Crippen LogP contribution in [0.15, 0.2) is 24.3 Å². The van der Waals surface area contributed by atoms with Crippen LogP contribution in [0.25, 0.3) is 0 Å². The van der Waals surface area contributed by atoms with Gasteiger partial charge in [0.15, 0.2) is 0 Å². The quantitative estimate of drug-likeness (QED) is 0.794. The molecule has 21 heavy (non-hydrogen) atoms. The van der Waals surface area contributed by atoms with E-state index in [1.54, 1.807) is 12.1 Å². The number of carbonyl (C=O) groups is 1. The van der Waals surface area contributed by atoms with Gasteiger partial charge in [0.05, 0.1) is 23.8 Å². The van der Waals surface area contributed by atoms with E-state index in [1.165, 1.54) is 0 Å². The topological polar surface area (TPSA) is 58.6 Å². The lowest BCUT2D eigenvalue weighted by molar-refractivity contribution is -0.123. The van der Waals surface area contributed by atoms with Crippen LogP contribution in [0.2, 0.25) is 5.02 Å². The summed E-state index contributed by atoms with van der Waals surface area (Å²) < 4.78 is 5.54. The monoisotopic (exact) mass is 311 g/mol. The van der Waals surface area contributed by atoms with Crippen molar-refractivity contribution in [3.8, 4) is 5.75 Å². The number of para-hydroxylation sites is 1. The first-order valence-corrected chi connectivity index (χ1v) is 7.89. The Bertz CT molecular complexity index is 467. The van der Waals surface area contributed by atoms with Gasteiger partial charge in [-0.15, -0.1) is 0 Å². The fraction of sp³-hybridized carbons (Fsp3) is 0.562. The zero-order valence-corrected chi connectivity index (χ0v) is 12.8. The van der Waals surface area contributed by atoms with E-state index in [2.05, 4.69) is 5.32 Å². The number of aliphatic hydroxyl groups is 1. The highest BCUT2D eigenvalue weighted by atomic mass is 35.5. The molecule has 0 bridgehead atoms. The van der Waals surface area contributed by atoms with Crippen molar-refractivity contribution in [1.29, 1.82) is 0 Å². The van der Waals surface area contributed by atoms with E-state index in [-0.39, 0.29) is 11.9 Å².